The topological polar surface area (TPSA) is 53.3 Å². The van der Waals surface area contributed by atoms with Crippen molar-refractivity contribution in [3.05, 3.63) is 11.8 Å². The minimum absolute atomic E-state index is 0.101. The first-order valence-corrected chi connectivity index (χ1v) is 5.81. The Morgan fingerprint density at radius 1 is 1.38 bits per heavy atom. The maximum absolute atomic E-state index is 11.4. The van der Waals surface area contributed by atoms with Gasteiger partial charge in [-0.1, -0.05) is 12.8 Å². The van der Waals surface area contributed by atoms with Crippen molar-refractivity contribution in [2.75, 3.05) is 19.7 Å². The van der Waals surface area contributed by atoms with Crippen molar-refractivity contribution in [1.29, 1.82) is 5.26 Å². The maximum Gasteiger partial charge on any atom is 0.350 e. The number of hydrogen-bond donors (Lipinski definition) is 0. The monoisotopic (exact) mass is 222 g/mol. The average Bonchev–Trinajstić information content (AvgIpc) is 2.54. The second kappa shape index (κ2) is 6.89. The summed E-state index contributed by atoms with van der Waals surface area (Å²) in [5.41, 5.74) is 0.101. The Hall–Kier alpha value is -1.50. The molecule has 0 unspecified atom stereocenters. The summed E-state index contributed by atoms with van der Waals surface area (Å²) in [4.78, 5) is 13.4. The van der Waals surface area contributed by atoms with E-state index in [2.05, 4.69) is 0 Å². The lowest BCUT2D eigenvalue weighted by molar-refractivity contribution is -0.138. The number of nitrogens with zero attached hydrogens (tertiary/aromatic N) is 2. The zero-order valence-corrected chi connectivity index (χ0v) is 9.74. The van der Waals surface area contributed by atoms with Gasteiger partial charge in [0.1, 0.15) is 6.07 Å². The molecule has 4 nitrogen and oxygen atoms in total. The molecule has 88 valence electrons. The third-order valence-electron chi connectivity index (χ3n) is 2.57. The van der Waals surface area contributed by atoms with Gasteiger partial charge >= 0.3 is 5.97 Å². The summed E-state index contributed by atoms with van der Waals surface area (Å²) >= 11 is 0. The number of hydrogen-bond acceptors (Lipinski definition) is 4. The van der Waals surface area contributed by atoms with Crippen molar-refractivity contribution < 1.29 is 9.53 Å². The van der Waals surface area contributed by atoms with E-state index in [9.17, 15) is 4.79 Å². The number of carbonyl (C=O) groups is 1. The van der Waals surface area contributed by atoms with Crippen molar-refractivity contribution in [3.8, 4) is 6.07 Å². The molecule has 0 N–H and O–H groups in total. The van der Waals surface area contributed by atoms with Gasteiger partial charge in [0.2, 0.25) is 0 Å². The Bertz CT molecular complexity index is 297. The molecule has 4 heteroatoms. The Kier molecular flexibility index (Phi) is 5.41. The van der Waals surface area contributed by atoms with Crippen molar-refractivity contribution >= 4 is 5.97 Å². The molecule has 0 radical (unpaired) electrons. The molecule has 16 heavy (non-hydrogen) atoms. The lowest BCUT2D eigenvalue weighted by Gasteiger charge is -2.17. The normalized spacial score (nSPS) is 17.5. The molecule has 0 aromatic carbocycles. The fraction of sp³-hybridized carbons (Fsp3) is 0.667. The van der Waals surface area contributed by atoms with E-state index in [4.69, 9.17) is 10.00 Å². The van der Waals surface area contributed by atoms with Gasteiger partial charge in [0, 0.05) is 19.3 Å². The summed E-state index contributed by atoms with van der Waals surface area (Å²) in [6.07, 6.45) is 6.34. The fourth-order valence-corrected chi connectivity index (χ4v) is 1.74. The molecule has 0 aromatic heterocycles. The van der Waals surface area contributed by atoms with Crippen LogP contribution in [0.5, 0.6) is 0 Å². The van der Waals surface area contributed by atoms with Gasteiger partial charge in [0.05, 0.1) is 6.61 Å². The van der Waals surface area contributed by atoms with E-state index in [1.165, 1.54) is 12.8 Å². The highest BCUT2D eigenvalue weighted by Crippen LogP contribution is 2.11. The molecule has 0 saturated carbocycles. The molecule has 1 aliphatic rings. The molecule has 1 rings (SSSR count). The van der Waals surface area contributed by atoms with Gasteiger partial charge in [0.25, 0.3) is 0 Å². The molecule has 0 aliphatic carbocycles. The first-order valence-electron chi connectivity index (χ1n) is 5.81. The van der Waals surface area contributed by atoms with E-state index < -0.39 is 5.97 Å². The number of likely N-dealkylation sites (tertiary alicyclic amines) is 1. The smallest absolute Gasteiger partial charge is 0.350 e. The summed E-state index contributed by atoms with van der Waals surface area (Å²) in [6, 6.07) is 1.90. The van der Waals surface area contributed by atoms with Crippen LogP contribution in [0.3, 0.4) is 0 Å². The Balaban J connectivity index is 2.63. The molecular weight excluding hydrogens is 204 g/mol. The molecule has 1 fully saturated rings. The van der Waals surface area contributed by atoms with Crippen LogP contribution in [0.4, 0.5) is 0 Å². The molecule has 0 amide bonds. The van der Waals surface area contributed by atoms with E-state index in [0.29, 0.717) is 6.61 Å². The molecule has 0 bridgehead atoms. The first kappa shape index (κ1) is 12.6. The van der Waals surface area contributed by atoms with E-state index in [1.54, 1.807) is 13.1 Å². The summed E-state index contributed by atoms with van der Waals surface area (Å²) < 4.78 is 4.81. The highest BCUT2D eigenvalue weighted by atomic mass is 16.5. The number of carbonyl (C=O) groups excluding carboxylic acids is 1. The SMILES string of the molecule is CCOC(=O)/C(C#N)=C/N1CCCCCC1. The second-order valence-corrected chi connectivity index (χ2v) is 3.83. The van der Waals surface area contributed by atoms with Crippen LogP contribution in [0.15, 0.2) is 11.8 Å². The number of rotatable bonds is 3. The van der Waals surface area contributed by atoms with Gasteiger partial charge in [-0.05, 0) is 19.8 Å². The van der Waals surface area contributed by atoms with E-state index in [-0.39, 0.29) is 5.57 Å². The zero-order chi connectivity index (χ0) is 11.8. The zero-order valence-electron chi connectivity index (χ0n) is 9.74. The number of esters is 1. The van der Waals surface area contributed by atoms with Gasteiger partial charge in [0.15, 0.2) is 5.57 Å². The van der Waals surface area contributed by atoms with E-state index >= 15 is 0 Å². The van der Waals surface area contributed by atoms with Crippen molar-refractivity contribution in [1.82, 2.24) is 4.90 Å². The lowest BCUT2D eigenvalue weighted by atomic mass is 10.2. The number of nitriles is 1. The van der Waals surface area contributed by atoms with Crippen LogP contribution >= 0.6 is 0 Å². The largest absolute Gasteiger partial charge is 0.462 e. The molecule has 1 heterocycles. The average molecular weight is 222 g/mol. The minimum Gasteiger partial charge on any atom is -0.462 e. The lowest BCUT2D eigenvalue weighted by Crippen LogP contribution is -2.20. The van der Waals surface area contributed by atoms with Gasteiger partial charge in [-0.2, -0.15) is 5.26 Å². The standard InChI is InChI=1S/C12H18N2O2/c1-2-16-12(15)11(9-13)10-14-7-5-3-4-6-8-14/h10H,2-8H2,1H3/b11-10+. The molecule has 1 aliphatic heterocycles. The van der Waals surface area contributed by atoms with Gasteiger partial charge in [-0.3, -0.25) is 0 Å². The Morgan fingerprint density at radius 2 is 2.00 bits per heavy atom. The Morgan fingerprint density at radius 3 is 2.50 bits per heavy atom. The fourth-order valence-electron chi connectivity index (χ4n) is 1.74. The summed E-state index contributed by atoms with van der Waals surface area (Å²) in [7, 11) is 0. The second-order valence-electron chi connectivity index (χ2n) is 3.83. The maximum atomic E-state index is 11.4. The highest BCUT2D eigenvalue weighted by Gasteiger charge is 2.13. The molecular formula is C12H18N2O2. The van der Waals surface area contributed by atoms with Crippen LogP contribution in [0, 0.1) is 11.3 Å². The highest BCUT2D eigenvalue weighted by molar-refractivity contribution is 5.92. The predicted molar refractivity (Wildman–Crippen MR) is 60.4 cm³/mol. The third-order valence-corrected chi connectivity index (χ3v) is 2.57. The molecule has 0 atom stereocenters. The van der Waals surface area contributed by atoms with Crippen molar-refractivity contribution in [3.63, 3.8) is 0 Å². The number of ether oxygens (including phenoxy) is 1. The summed E-state index contributed by atoms with van der Waals surface area (Å²) in [6.45, 7) is 3.88. The van der Waals surface area contributed by atoms with Gasteiger partial charge in [-0.15, -0.1) is 0 Å². The summed E-state index contributed by atoms with van der Waals surface area (Å²) in [5.74, 6) is -0.519. The van der Waals surface area contributed by atoms with Crippen LogP contribution in [0.25, 0.3) is 0 Å². The van der Waals surface area contributed by atoms with E-state index in [1.807, 2.05) is 11.0 Å². The van der Waals surface area contributed by atoms with Crippen LogP contribution in [-0.2, 0) is 9.53 Å². The molecule has 1 saturated heterocycles. The van der Waals surface area contributed by atoms with Crippen molar-refractivity contribution in [2.24, 2.45) is 0 Å². The van der Waals surface area contributed by atoms with Crippen LogP contribution in [0.2, 0.25) is 0 Å². The minimum atomic E-state index is -0.519. The quantitative estimate of drug-likeness (QED) is 0.415. The van der Waals surface area contributed by atoms with Crippen molar-refractivity contribution in [2.45, 2.75) is 32.6 Å². The first-order chi connectivity index (χ1) is 7.77. The Labute approximate surface area is 96.5 Å². The predicted octanol–water partition coefficient (Wildman–Crippen LogP) is 1.83. The molecule has 0 spiro atoms. The molecule has 0 aromatic rings. The van der Waals surface area contributed by atoms with E-state index in [0.717, 1.165) is 25.9 Å². The van der Waals surface area contributed by atoms with Gasteiger partial charge in [-0.25, -0.2) is 4.79 Å². The van der Waals surface area contributed by atoms with Gasteiger partial charge < -0.3 is 9.64 Å². The summed E-state index contributed by atoms with van der Waals surface area (Å²) in [5, 5.41) is 8.88. The van der Waals surface area contributed by atoms with Crippen LogP contribution < -0.4 is 0 Å². The third kappa shape index (κ3) is 3.93. The van der Waals surface area contributed by atoms with Crippen LogP contribution in [0.1, 0.15) is 32.6 Å². The van der Waals surface area contributed by atoms with Crippen LogP contribution in [-0.4, -0.2) is 30.6 Å².